The third kappa shape index (κ3) is 4.59. The summed E-state index contributed by atoms with van der Waals surface area (Å²) in [7, 11) is 0. The van der Waals surface area contributed by atoms with E-state index in [1.54, 1.807) is 0 Å². The molecule has 0 spiro atoms. The van der Waals surface area contributed by atoms with Gasteiger partial charge in [0.25, 0.3) is 0 Å². The highest BCUT2D eigenvalue weighted by Crippen LogP contribution is 2.24. The van der Waals surface area contributed by atoms with E-state index in [4.69, 9.17) is 5.26 Å². The van der Waals surface area contributed by atoms with E-state index < -0.39 is 0 Å². The van der Waals surface area contributed by atoms with Crippen LogP contribution in [0.1, 0.15) is 32.1 Å². The largest absolute Gasteiger partial charge is 0.311 e. The Morgan fingerprint density at radius 3 is 2.52 bits per heavy atom. The van der Waals surface area contributed by atoms with E-state index in [2.05, 4.69) is 15.9 Å². The number of carbonyl (C=O) groups is 1. The summed E-state index contributed by atoms with van der Waals surface area (Å²) in [5, 5.41) is 8.60. The van der Waals surface area contributed by atoms with Crippen LogP contribution in [0.5, 0.6) is 0 Å². The third-order valence-electron chi connectivity index (χ3n) is 5.34. The highest BCUT2D eigenvalue weighted by molar-refractivity contribution is 5.97. The monoisotopic (exact) mass is 340 g/mol. The Bertz CT molecular complexity index is 589. The molecule has 134 valence electrons. The molecule has 0 bridgehead atoms. The number of piperazine rings is 1. The maximum Gasteiger partial charge on any atom is 0.244 e. The molecule has 0 unspecified atom stereocenters. The smallest absolute Gasteiger partial charge is 0.244 e. The first-order chi connectivity index (χ1) is 12.3. The third-order valence-corrected chi connectivity index (χ3v) is 5.34. The van der Waals surface area contributed by atoms with E-state index in [1.807, 2.05) is 35.2 Å². The molecule has 1 amide bonds. The molecule has 25 heavy (non-hydrogen) atoms. The maximum atomic E-state index is 13.0. The highest BCUT2D eigenvalue weighted by Gasteiger charge is 2.35. The minimum Gasteiger partial charge on any atom is -0.311 e. The number of para-hydroxylation sites is 1. The lowest BCUT2D eigenvalue weighted by Crippen LogP contribution is -2.57. The summed E-state index contributed by atoms with van der Waals surface area (Å²) in [5.74, 6) is 0.264. The molecule has 0 radical (unpaired) electrons. The summed E-state index contributed by atoms with van der Waals surface area (Å²) in [4.78, 5) is 19.8. The summed E-state index contributed by atoms with van der Waals surface area (Å²) < 4.78 is 0. The number of unbranched alkanes of at least 4 members (excludes halogenated alkanes) is 2. The molecule has 5 heteroatoms. The van der Waals surface area contributed by atoms with Crippen molar-refractivity contribution in [2.45, 2.75) is 38.1 Å². The molecule has 0 N–H and O–H groups in total. The van der Waals surface area contributed by atoms with Crippen LogP contribution in [0.4, 0.5) is 5.69 Å². The average molecular weight is 340 g/mol. The molecule has 0 saturated carbocycles. The van der Waals surface area contributed by atoms with Gasteiger partial charge in [-0.05, 0) is 44.4 Å². The number of rotatable bonds is 6. The molecule has 2 heterocycles. The SMILES string of the molecule is N#CCCCCN1CCN([C@@H]2CCCN(c3ccccc3)C2=O)CC1. The molecule has 1 aromatic carbocycles. The zero-order chi connectivity index (χ0) is 17.5. The van der Waals surface area contributed by atoms with Crippen LogP contribution in [-0.4, -0.2) is 61.0 Å². The fourth-order valence-corrected chi connectivity index (χ4v) is 3.90. The van der Waals surface area contributed by atoms with Crippen LogP contribution in [-0.2, 0) is 4.79 Å². The lowest BCUT2D eigenvalue weighted by atomic mass is 10.0. The first-order valence-electron chi connectivity index (χ1n) is 9.49. The van der Waals surface area contributed by atoms with Gasteiger partial charge in [-0.3, -0.25) is 9.69 Å². The first-order valence-corrected chi connectivity index (χ1v) is 9.49. The van der Waals surface area contributed by atoms with Crippen LogP contribution >= 0.6 is 0 Å². The number of piperidine rings is 1. The van der Waals surface area contributed by atoms with Crippen molar-refractivity contribution in [1.29, 1.82) is 5.26 Å². The molecular weight excluding hydrogens is 312 g/mol. The Balaban J connectivity index is 1.51. The Morgan fingerprint density at radius 2 is 1.80 bits per heavy atom. The molecule has 1 atom stereocenters. The van der Waals surface area contributed by atoms with E-state index in [9.17, 15) is 4.79 Å². The zero-order valence-corrected chi connectivity index (χ0v) is 14.9. The van der Waals surface area contributed by atoms with Gasteiger partial charge in [0.1, 0.15) is 0 Å². The van der Waals surface area contributed by atoms with E-state index in [0.717, 1.165) is 70.6 Å². The number of amides is 1. The van der Waals surface area contributed by atoms with E-state index in [-0.39, 0.29) is 11.9 Å². The van der Waals surface area contributed by atoms with Crippen molar-refractivity contribution in [3.05, 3.63) is 30.3 Å². The molecular formula is C20H28N4O. The Kier molecular flexibility index (Phi) is 6.43. The molecule has 0 aromatic heterocycles. The number of hydrogen-bond donors (Lipinski definition) is 0. The Morgan fingerprint density at radius 1 is 1.04 bits per heavy atom. The van der Waals surface area contributed by atoms with Gasteiger partial charge < -0.3 is 9.80 Å². The van der Waals surface area contributed by atoms with Crippen molar-refractivity contribution < 1.29 is 4.79 Å². The molecule has 5 nitrogen and oxygen atoms in total. The van der Waals surface area contributed by atoms with Gasteiger partial charge >= 0.3 is 0 Å². The van der Waals surface area contributed by atoms with Gasteiger partial charge in [0.2, 0.25) is 5.91 Å². The van der Waals surface area contributed by atoms with Crippen molar-refractivity contribution in [3.8, 4) is 6.07 Å². The van der Waals surface area contributed by atoms with Crippen LogP contribution in [0, 0.1) is 11.3 Å². The van der Waals surface area contributed by atoms with Crippen molar-refractivity contribution >= 4 is 11.6 Å². The fraction of sp³-hybridized carbons (Fsp3) is 0.600. The van der Waals surface area contributed by atoms with Gasteiger partial charge in [-0.25, -0.2) is 0 Å². The predicted molar refractivity (Wildman–Crippen MR) is 99.3 cm³/mol. The fourth-order valence-electron chi connectivity index (χ4n) is 3.90. The van der Waals surface area contributed by atoms with Gasteiger partial charge in [0.05, 0.1) is 12.1 Å². The van der Waals surface area contributed by atoms with Crippen LogP contribution < -0.4 is 4.90 Å². The van der Waals surface area contributed by atoms with E-state index in [1.165, 1.54) is 0 Å². The van der Waals surface area contributed by atoms with Crippen LogP contribution in [0.25, 0.3) is 0 Å². The van der Waals surface area contributed by atoms with Crippen molar-refractivity contribution in [1.82, 2.24) is 9.80 Å². The highest BCUT2D eigenvalue weighted by atomic mass is 16.2. The summed E-state index contributed by atoms with van der Waals surface area (Å²) in [6.45, 7) is 5.90. The number of hydrogen-bond acceptors (Lipinski definition) is 4. The van der Waals surface area contributed by atoms with Gasteiger partial charge in [-0.1, -0.05) is 18.2 Å². The van der Waals surface area contributed by atoms with Gasteiger partial charge in [0.15, 0.2) is 0 Å². The van der Waals surface area contributed by atoms with Crippen LogP contribution in [0.2, 0.25) is 0 Å². The quantitative estimate of drug-likeness (QED) is 0.747. The van der Waals surface area contributed by atoms with Gasteiger partial charge in [0, 0.05) is 44.8 Å². The lowest BCUT2D eigenvalue weighted by molar-refractivity contribution is -0.126. The number of nitriles is 1. The Labute approximate surface area is 150 Å². The summed E-state index contributed by atoms with van der Waals surface area (Å²) in [6.07, 6.45) is 4.79. The number of anilines is 1. The van der Waals surface area contributed by atoms with Crippen molar-refractivity contribution in [2.24, 2.45) is 0 Å². The summed E-state index contributed by atoms with van der Waals surface area (Å²) >= 11 is 0. The maximum absolute atomic E-state index is 13.0. The number of carbonyl (C=O) groups excluding carboxylic acids is 1. The second kappa shape index (κ2) is 8.98. The average Bonchev–Trinajstić information content (AvgIpc) is 2.67. The second-order valence-electron chi connectivity index (χ2n) is 6.98. The van der Waals surface area contributed by atoms with Gasteiger partial charge in [-0.15, -0.1) is 0 Å². The topological polar surface area (TPSA) is 50.6 Å². The lowest BCUT2D eigenvalue weighted by Gasteiger charge is -2.42. The van der Waals surface area contributed by atoms with Crippen LogP contribution in [0.15, 0.2) is 30.3 Å². The van der Waals surface area contributed by atoms with Crippen molar-refractivity contribution in [3.63, 3.8) is 0 Å². The molecule has 2 saturated heterocycles. The number of benzene rings is 1. The summed E-state index contributed by atoms with van der Waals surface area (Å²) in [5.41, 5.74) is 1.02. The van der Waals surface area contributed by atoms with Crippen molar-refractivity contribution in [2.75, 3.05) is 44.2 Å². The standard InChI is InChI=1S/C20H28N4O/c21-11-5-2-6-12-22-14-16-23(17-15-22)19-10-7-13-24(20(19)25)18-8-3-1-4-9-18/h1,3-4,8-9,19H,2,5-7,10,12-17H2/t19-/m1/s1. The first kappa shape index (κ1) is 17.9. The summed E-state index contributed by atoms with van der Waals surface area (Å²) in [6, 6.07) is 12.3. The normalized spacial score (nSPS) is 22.8. The molecule has 1 aromatic rings. The minimum atomic E-state index is 0.0368. The van der Waals surface area contributed by atoms with E-state index >= 15 is 0 Å². The molecule has 0 aliphatic carbocycles. The molecule has 2 fully saturated rings. The second-order valence-corrected chi connectivity index (χ2v) is 6.98. The predicted octanol–water partition coefficient (Wildman–Crippen LogP) is 2.49. The number of nitrogens with zero attached hydrogens (tertiary/aromatic N) is 4. The van der Waals surface area contributed by atoms with Crippen LogP contribution in [0.3, 0.4) is 0 Å². The van der Waals surface area contributed by atoms with Gasteiger partial charge in [-0.2, -0.15) is 5.26 Å². The van der Waals surface area contributed by atoms with E-state index in [0.29, 0.717) is 6.42 Å². The zero-order valence-electron chi connectivity index (χ0n) is 14.9. The minimum absolute atomic E-state index is 0.0368. The molecule has 2 aliphatic heterocycles. The molecule has 3 rings (SSSR count). The molecule has 2 aliphatic rings. The Hall–Kier alpha value is -1.90.